The predicted octanol–water partition coefficient (Wildman–Crippen LogP) is 2.98. The summed E-state index contributed by atoms with van der Waals surface area (Å²) in [5, 5.41) is 13.9. The summed E-state index contributed by atoms with van der Waals surface area (Å²) >= 11 is 0. The van der Waals surface area contributed by atoms with E-state index in [-0.39, 0.29) is 11.7 Å². The number of non-ortho nitro benzene ring substituents is 1. The lowest BCUT2D eigenvalue weighted by atomic mass is 10.1. The Balaban J connectivity index is 2.06. The van der Waals surface area contributed by atoms with E-state index in [1.807, 2.05) is 19.1 Å². The second-order valence-electron chi connectivity index (χ2n) is 4.46. The van der Waals surface area contributed by atoms with Crippen LogP contribution in [-0.4, -0.2) is 9.91 Å². The van der Waals surface area contributed by atoms with Gasteiger partial charge in [0.15, 0.2) is 0 Å². The predicted molar refractivity (Wildman–Crippen MR) is 72.5 cm³/mol. The van der Waals surface area contributed by atoms with Gasteiger partial charge in [0.1, 0.15) is 5.82 Å². The monoisotopic (exact) mass is 275 g/mol. The molecule has 0 bridgehead atoms. The smallest absolute Gasteiger partial charge is 0.272 e. The average molecular weight is 275 g/mol. The number of hydrogen-bond acceptors (Lipinski definition) is 4. The van der Waals surface area contributed by atoms with E-state index in [9.17, 15) is 14.5 Å². The van der Waals surface area contributed by atoms with Gasteiger partial charge in [-0.15, -0.1) is 0 Å². The molecule has 0 aliphatic rings. The van der Waals surface area contributed by atoms with Gasteiger partial charge in [-0.05, 0) is 30.2 Å². The van der Waals surface area contributed by atoms with Crippen LogP contribution >= 0.6 is 0 Å². The van der Waals surface area contributed by atoms with Crippen LogP contribution in [0, 0.1) is 15.9 Å². The van der Waals surface area contributed by atoms with E-state index >= 15 is 0 Å². The lowest BCUT2D eigenvalue weighted by molar-refractivity contribution is -0.385. The van der Waals surface area contributed by atoms with E-state index in [1.54, 1.807) is 12.4 Å². The first kappa shape index (κ1) is 14.1. The second kappa shape index (κ2) is 6.21. The van der Waals surface area contributed by atoms with E-state index in [1.165, 1.54) is 12.1 Å². The number of pyridine rings is 1. The highest BCUT2D eigenvalue weighted by molar-refractivity contribution is 5.35. The fourth-order valence-electron chi connectivity index (χ4n) is 1.86. The van der Waals surface area contributed by atoms with Crippen molar-refractivity contribution >= 4 is 5.69 Å². The second-order valence-corrected chi connectivity index (χ2v) is 4.46. The summed E-state index contributed by atoms with van der Waals surface area (Å²) in [6, 6.07) is 7.35. The molecular formula is C14H14FN3O2. The molecule has 0 aliphatic heterocycles. The summed E-state index contributed by atoms with van der Waals surface area (Å²) in [6.45, 7) is 2.29. The maximum atomic E-state index is 13.3. The standard InChI is InChI=1S/C14H14FN3O2/c1-10(12-3-2-4-16-9-12)17-8-11-5-13(15)7-14(6-11)18(19)20/h2-7,9-10,17H,8H2,1H3. The minimum atomic E-state index is -0.606. The Hall–Kier alpha value is -2.34. The van der Waals surface area contributed by atoms with Gasteiger partial charge in [-0.2, -0.15) is 0 Å². The Kier molecular flexibility index (Phi) is 4.37. The summed E-state index contributed by atoms with van der Waals surface area (Å²) in [4.78, 5) is 14.1. The van der Waals surface area contributed by atoms with Crippen molar-refractivity contribution in [3.8, 4) is 0 Å². The van der Waals surface area contributed by atoms with Gasteiger partial charge >= 0.3 is 0 Å². The van der Waals surface area contributed by atoms with Gasteiger partial charge in [-0.1, -0.05) is 6.07 Å². The van der Waals surface area contributed by atoms with Gasteiger partial charge in [0.25, 0.3) is 5.69 Å². The summed E-state index contributed by atoms with van der Waals surface area (Å²) < 4.78 is 13.3. The van der Waals surface area contributed by atoms with E-state index in [2.05, 4.69) is 10.3 Å². The molecule has 0 saturated carbocycles. The van der Waals surface area contributed by atoms with E-state index < -0.39 is 10.7 Å². The molecule has 1 atom stereocenters. The Morgan fingerprint density at radius 2 is 2.25 bits per heavy atom. The van der Waals surface area contributed by atoms with Crippen molar-refractivity contribution in [3.63, 3.8) is 0 Å². The van der Waals surface area contributed by atoms with Crippen LogP contribution in [0.4, 0.5) is 10.1 Å². The fourth-order valence-corrected chi connectivity index (χ4v) is 1.86. The van der Waals surface area contributed by atoms with Gasteiger partial charge in [0, 0.05) is 31.0 Å². The molecular weight excluding hydrogens is 261 g/mol. The minimum absolute atomic E-state index is 0.0195. The van der Waals surface area contributed by atoms with Crippen molar-refractivity contribution in [1.82, 2.24) is 10.3 Å². The molecule has 2 aromatic rings. The van der Waals surface area contributed by atoms with E-state index in [4.69, 9.17) is 0 Å². The number of nitro groups is 1. The Bertz CT molecular complexity index is 605. The van der Waals surface area contributed by atoms with Gasteiger partial charge in [0.2, 0.25) is 0 Å². The molecule has 0 saturated heterocycles. The Morgan fingerprint density at radius 3 is 2.90 bits per heavy atom. The van der Waals surface area contributed by atoms with Gasteiger partial charge < -0.3 is 5.32 Å². The average Bonchev–Trinajstić information content (AvgIpc) is 2.45. The number of nitrogens with zero attached hydrogens (tertiary/aromatic N) is 2. The van der Waals surface area contributed by atoms with Gasteiger partial charge in [0.05, 0.1) is 11.0 Å². The molecule has 6 heteroatoms. The quantitative estimate of drug-likeness (QED) is 0.672. The fraction of sp³-hybridized carbons (Fsp3) is 0.214. The molecule has 0 fully saturated rings. The van der Waals surface area contributed by atoms with Crippen LogP contribution in [-0.2, 0) is 6.54 Å². The summed E-state index contributed by atoms with van der Waals surface area (Å²) in [7, 11) is 0. The van der Waals surface area contributed by atoms with Crippen molar-refractivity contribution in [2.75, 3.05) is 0 Å². The molecule has 1 N–H and O–H groups in total. The van der Waals surface area contributed by atoms with Crippen LogP contribution in [0.25, 0.3) is 0 Å². The molecule has 0 radical (unpaired) electrons. The first-order chi connectivity index (χ1) is 9.56. The van der Waals surface area contributed by atoms with Crippen LogP contribution in [0.2, 0.25) is 0 Å². The Morgan fingerprint density at radius 1 is 1.45 bits per heavy atom. The number of aromatic nitrogens is 1. The third-order valence-electron chi connectivity index (χ3n) is 2.95. The molecule has 104 valence electrons. The van der Waals surface area contributed by atoms with Gasteiger partial charge in [-0.3, -0.25) is 15.1 Å². The molecule has 1 unspecified atom stereocenters. The van der Waals surface area contributed by atoms with Crippen LogP contribution in [0.3, 0.4) is 0 Å². The maximum Gasteiger partial charge on any atom is 0.272 e. The molecule has 1 aromatic carbocycles. The summed E-state index contributed by atoms with van der Waals surface area (Å²) in [5.74, 6) is -0.606. The number of nitro benzene ring substituents is 1. The van der Waals surface area contributed by atoms with Crippen molar-refractivity contribution in [2.24, 2.45) is 0 Å². The van der Waals surface area contributed by atoms with E-state index in [0.29, 0.717) is 12.1 Å². The lowest BCUT2D eigenvalue weighted by Crippen LogP contribution is -2.18. The zero-order chi connectivity index (χ0) is 14.5. The zero-order valence-corrected chi connectivity index (χ0v) is 10.9. The highest BCUT2D eigenvalue weighted by Gasteiger charge is 2.11. The van der Waals surface area contributed by atoms with Crippen LogP contribution in [0.15, 0.2) is 42.7 Å². The van der Waals surface area contributed by atoms with Crippen LogP contribution < -0.4 is 5.32 Å². The summed E-state index contributed by atoms with van der Waals surface area (Å²) in [6.07, 6.45) is 3.43. The third-order valence-corrected chi connectivity index (χ3v) is 2.95. The molecule has 20 heavy (non-hydrogen) atoms. The number of nitrogens with one attached hydrogen (secondary N) is 1. The normalized spacial score (nSPS) is 12.1. The summed E-state index contributed by atoms with van der Waals surface area (Å²) in [5.41, 5.74) is 1.29. The largest absolute Gasteiger partial charge is 0.306 e. The maximum absolute atomic E-state index is 13.3. The number of halogens is 1. The highest BCUT2D eigenvalue weighted by Crippen LogP contribution is 2.17. The Labute approximate surface area is 115 Å². The topological polar surface area (TPSA) is 68.1 Å². The first-order valence-electron chi connectivity index (χ1n) is 6.13. The van der Waals surface area contributed by atoms with E-state index in [0.717, 1.165) is 11.6 Å². The number of benzene rings is 1. The molecule has 5 nitrogen and oxygen atoms in total. The van der Waals surface area contributed by atoms with Crippen LogP contribution in [0.1, 0.15) is 24.1 Å². The highest BCUT2D eigenvalue weighted by atomic mass is 19.1. The van der Waals surface area contributed by atoms with Crippen molar-refractivity contribution in [3.05, 3.63) is 69.8 Å². The molecule has 1 aromatic heterocycles. The minimum Gasteiger partial charge on any atom is -0.306 e. The molecule has 0 spiro atoms. The van der Waals surface area contributed by atoms with Crippen molar-refractivity contribution in [2.45, 2.75) is 19.5 Å². The zero-order valence-electron chi connectivity index (χ0n) is 10.9. The molecule has 1 heterocycles. The van der Waals surface area contributed by atoms with Crippen molar-refractivity contribution in [1.29, 1.82) is 0 Å². The SMILES string of the molecule is CC(NCc1cc(F)cc([N+](=O)[O-])c1)c1cccnc1. The first-order valence-corrected chi connectivity index (χ1v) is 6.13. The lowest BCUT2D eigenvalue weighted by Gasteiger charge is -2.13. The van der Waals surface area contributed by atoms with Crippen LogP contribution in [0.5, 0.6) is 0 Å². The molecule has 2 rings (SSSR count). The number of hydrogen-bond donors (Lipinski definition) is 1. The third kappa shape index (κ3) is 3.58. The van der Waals surface area contributed by atoms with Gasteiger partial charge in [-0.25, -0.2) is 4.39 Å². The molecule has 0 amide bonds. The van der Waals surface area contributed by atoms with Crippen molar-refractivity contribution < 1.29 is 9.31 Å². The molecule has 0 aliphatic carbocycles. The number of rotatable bonds is 5.